The van der Waals surface area contributed by atoms with E-state index in [9.17, 15) is 14.7 Å². The Labute approximate surface area is 147 Å². The Morgan fingerprint density at radius 1 is 1.36 bits per heavy atom. The molecule has 2 aliphatic heterocycles. The molecule has 134 valence electrons. The fourth-order valence-electron chi connectivity index (χ4n) is 3.76. The molecular weight excluding hydrogens is 320 g/mol. The highest BCUT2D eigenvalue weighted by Gasteiger charge is 2.60. The van der Waals surface area contributed by atoms with Crippen LogP contribution in [0.25, 0.3) is 0 Å². The van der Waals surface area contributed by atoms with Crippen LogP contribution in [0.5, 0.6) is 0 Å². The van der Waals surface area contributed by atoms with Gasteiger partial charge in [0.05, 0.1) is 24.1 Å². The normalized spacial score (nSPS) is 26.3. The third-order valence-electron chi connectivity index (χ3n) is 4.95. The average molecular weight is 344 g/mol. The molecule has 1 amide bonds. The maximum atomic E-state index is 12.7. The van der Waals surface area contributed by atoms with Gasteiger partial charge in [0.2, 0.25) is 5.91 Å². The van der Waals surface area contributed by atoms with Crippen LogP contribution < -0.4 is 5.73 Å². The first-order valence-corrected chi connectivity index (χ1v) is 8.68. The molecule has 0 aliphatic carbocycles. The summed E-state index contributed by atoms with van der Waals surface area (Å²) in [5, 5.41) is 9.86. The van der Waals surface area contributed by atoms with Crippen molar-refractivity contribution in [3.8, 4) is 0 Å². The number of benzene rings is 1. The minimum absolute atomic E-state index is 0.143. The molecule has 1 aromatic rings. The molecule has 0 radical (unpaired) electrons. The number of carbonyl (C=O) groups is 2. The number of hydrogen-bond acceptors (Lipinski definition) is 5. The number of carbonyl (C=O) groups excluding carboxylic acids is 2. The molecule has 1 aromatic carbocycles. The van der Waals surface area contributed by atoms with Gasteiger partial charge in [0, 0.05) is 0 Å². The van der Waals surface area contributed by atoms with Crippen molar-refractivity contribution in [2.45, 2.75) is 51.5 Å². The van der Waals surface area contributed by atoms with Crippen molar-refractivity contribution in [1.29, 1.82) is 0 Å². The number of rotatable bonds is 6. The van der Waals surface area contributed by atoms with Crippen LogP contribution in [-0.2, 0) is 20.9 Å². The van der Waals surface area contributed by atoms with Crippen molar-refractivity contribution >= 4 is 11.9 Å². The Bertz CT molecular complexity index is 699. The number of ether oxygens (including phenoxy) is 1. The standard InChI is InChI=1S/C19H24N2O4/c1-3-7-13-15(20)17-14(11(2)22)18(23)21(17)16(13)19(24)25-10-12-8-5-4-6-9-12/h4-6,8-9,11,14-15,17,22H,3,7,10,20H2,1-2H3. The number of β-lactam (4-membered cyclic amide) rings is 1. The van der Waals surface area contributed by atoms with Gasteiger partial charge in [0.25, 0.3) is 0 Å². The molecule has 0 spiro atoms. The van der Waals surface area contributed by atoms with Crippen LogP contribution in [0, 0.1) is 5.92 Å². The van der Waals surface area contributed by atoms with Gasteiger partial charge in [-0.05, 0) is 24.5 Å². The predicted molar refractivity (Wildman–Crippen MR) is 92.0 cm³/mol. The van der Waals surface area contributed by atoms with Gasteiger partial charge in [-0.15, -0.1) is 0 Å². The quantitative estimate of drug-likeness (QED) is 0.600. The molecule has 6 nitrogen and oxygen atoms in total. The number of aliphatic hydroxyl groups excluding tert-OH is 1. The molecule has 3 N–H and O–H groups in total. The van der Waals surface area contributed by atoms with E-state index in [-0.39, 0.29) is 24.3 Å². The molecule has 25 heavy (non-hydrogen) atoms. The van der Waals surface area contributed by atoms with Crippen molar-refractivity contribution in [3.63, 3.8) is 0 Å². The number of esters is 1. The Hall–Kier alpha value is -2.18. The zero-order valence-electron chi connectivity index (χ0n) is 14.5. The van der Waals surface area contributed by atoms with E-state index >= 15 is 0 Å². The van der Waals surface area contributed by atoms with Crippen molar-refractivity contribution < 1.29 is 19.4 Å². The average Bonchev–Trinajstić information content (AvgIpc) is 2.83. The van der Waals surface area contributed by atoms with E-state index in [1.807, 2.05) is 37.3 Å². The molecule has 0 saturated carbocycles. The van der Waals surface area contributed by atoms with Gasteiger partial charge in [-0.1, -0.05) is 43.7 Å². The third-order valence-corrected chi connectivity index (χ3v) is 4.95. The molecule has 1 saturated heterocycles. The minimum atomic E-state index is -0.789. The van der Waals surface area contributed by atoms with Crippen molar-refractivity contribution in [1.82, 2.24) is 4.90 Å². The Balaban J connectivity index is 1.81. The number of amides is 1. The smallest absolute Gasteiger partial charge is 0.355 e. The van der Waals surface area contributed by atoms with Gasteiger partial charge in [0.1, 0.15) is 12.3 Å². The predicted octanol–water partition coefficient (Wildman–Crippen LogP) is 1.33. The van der Waals surface area contributed by atoms with Gasteiger partial charge in [-0.2, -0.15) is 0 Å². The maximum Gasteiger partial charge on any atom is 0.355 e. The summed E-state index contributed by atoms with van der Waals surface area (Å²) in [5.74, 6) is -1.34. The summed E-state index contributed by atoms with van der Waals surface area (Å²) in [5.41, 5.74) is 8.21. The Morgan fingerprint density at radius 3 is 2.64 bits per heavy atom. The summed E-state index contributed by atoms with van der Waals surface area (Å²) in [4.78, 5) is 26.5. The summed E-state index contributed by atoms with van der Waals surface area (Å²) in [6, 6.07) is 8.59. The van der Waals surface area contributed by atoms with Crippen molar-refractivity contribution in [3.05, 3.63) is 47.2 Å². The Morgan fingerprint density at radius 2 is 2.04 bits per heavy atom. The van der Waals surface area contributed by atoms with E-state index in [2.05, 4.69) is 0 Å². The van der Waals surface area contributed by atoms with Crippen molar-refractivity contribution in [2.24, 2.45) is 11.7 Å². The maximum absolute atomic E-state index is 12.7. The van der Waals surface area contributed by atoms with Crippen molar-refractivity contribution in [2.75, 3.05) is 0 Å². The highest BCUT2D eigenvalue weighted by Crippen LogP contribution is 2.44. The second kappa shape index (κ2) is 6.98. The lowest BCUT2D eigenvalue weighted by Crippen LogP contribution is -2.66. The SMILES string of the molecule is CCCC1=C(C(=O)OCc2ccccc2)N2C(=O)C(C(C)O)C2C1N. The molecule has 0 aromatic heterocycles. The lowest BCUT2D eigenvalue weighted by molar-refractivity contribution is -0.163. The molecule has 6 heteroatoms. The second-order valence-corrected chi connectivity index (χ2v) is 6.68. The number of nitrogens with two attached hydrogens (primary N) is 1. The first-order valence-electron chi connectivity index (χ1n) is 8.68. The van der Waals surface area contributed by atoms with Gasteiger partial charge < -0.3 is 15.6 Å². The second-order valence-electron chi connectivity index (χ2n) is 6.68. The highest BCUT2D eigenvalue weighted by molar-refractivity contribution is 6.01. The van der Waals surface area contributed by atoms with Crippen LogP contribution in [-0.4, -0.2) is 40.1 Å². The molecule has 2 heterocycles. The molecule has 0 bridgehead atoms. The molecule has 3 rings (SSSR count). The van der Waals surface area contributed by atoms with Gasteiger partial charge in [0.15, 0.2) is 0 Å². The summed E-state index contributed by atoms with van der Waals surface area (Å²) >= 11 is 0. The third kappa shape index (κ3) is 2.96. The van der Waals surface area contributed by atoms with E-state index in [0.29, 0.717) is 6.42 Å². The summed E-state index contributed by atoms with van der Waals surface area (Å²) in [6.45, 7) is 3.72. The Kier molecular flexibility index (Phi) is 4.92. The molecular formula is C19H24N2O4. The van der Waals surface area contributed by atoms with Crippen LogP contribution in [0.4, 0.5) is 0 Å². The fraction of sp³-hybridized carbons (Fsp3) is 0.474. The largest absolute Gasteiger partial charge is 0.456 e. The number of hydrogen-bond donors (Lipinski definition) is 2. The van der Waals surface area contributed by atoms with Gasteiger partial charge in [-0.3, -0.25) is 9.69 Å². The zero-order valence-corrected chi connectivity index (χ0v) is 14.5. The van der Waals surface area contributed by atoms with Crippen LogP contribution in [0.2, 0.25) is 0 Å². The monoisotopic (exact) mass is 344 g/mol. The van der Waals surface area contributed by atoms with E-state index < -0.39 is 24.0 Å². The van der Waals surface area contributed by atoms with E-state index in [4.69, 9.17) is 10.5 Å². The first-order chi connectivity index (χ1) is 12.0. The summed E-state index contributed by atoms with van der Waals surface area (Å²) in [6.07, 6.45) is 0.651. The first kappa shape index (κ1) is 17.6. The molecule has 1 fully saturated rings. The number of fused-ring (bicyclic) bond motifs is 1. The number of nitrogens with zero attached hydrogens (tertiary/aromatic N) is 1. The van der Waals surface area contributed by atoms with Crippen LogP contribution >= 0.6 is 0 Å². The minimum Gasteiger partial charge on any atom is -0.456 e. The zero-order chi connectivity index (χ0) is 18.1. The fourth-order valence-corrected chi connectivity index (χ4v) is 3.76. The van der Waals surface area contributed by atoms with E-state index in [0.717, 1.165) is 17.6 Å². The van der Waals surface area contributed by atoms with Crippen LogP contribution in [0.15, 0.2) is 41.6 Å². The van der Waals surface area contributed by atoms with E-state index in [1.165, 1.54) is 4.90 Å². The lowest BCUT2D eigenvalue weighted by Gasteiger charge is -2.46. The number of aliphatic hydroxyl groups is 1. The molecule has 2 aliphatic rings. The van der Waals surface area contributed by atoms with Crippen LogP contribution in [0.3, 0.4) is 0 Å². The topological polar surface area (TPSA) is 92.9 Å². The summed E-state index contributed by atoms with van der Waals surface area (Å²) in [7, 11) is 0. The lowest BCUT2D eigenvalue weighted by atomic mass is 9.80. The van der Waals surface area contributed by atoms with Crippen LogP contribution in [0.1, 0.15) is 32.3 Å². The van der Waals surface area contributed by atoms with E-state index in [1.54, 1.807) is 6.92 Å². The summed E-state index contributed by atoms with van der Waals surface area (Å²) < 4.78 is 5.42. The van der Waals surface area contributed by atoms with Gasteiger partial charge >= 0.3 is 5.97 Å². The van der Waals surface area contributed by atoms with Gasteiger partial charge in [-0.25, -0.2) is 4.79 Å². The highest BCUT2D eigenvalue weighted by atomic mass is 16.5. The molecule has 4 atom stereocenters. The molecule has 4 unspecified atom stereocenters.